The van der Waals surface area contributed by atoms with E-state index in [1.807, 2.05) is 0 Å². The largest absolute Gasteiger partial charge is 0.478 e. The highest BCUT2D eigenvalue weighted by atomic mass is 32.1. The van der Waals surface area contributed by atoms with Crippen molar-refractivity contribution in [2.75, 3.05) is 4.90 Å². The van der Waals surface area contributed by atoms with Crippen LogP contribution in [0.3, 0.4) is 0 Å². The first-order chi connectivity index (χ1) is 16.5. The number of hydrogen-bond donors (Lipinski definition) is 1. The van der Waals surface area contributed by atoms with Gasteiger partial charge in [0.1, 0.15) is 11.3 Å². The number of carboxylic acid groups (broad SMARTS) is 1. The van der Waals surface area contributed by atoms with Gasteiger partial charge < -0.3 is 19.3 Å². The maximum atomic E-state index is 14.5. The highest BCUT2D eigenvalue weighted by Crippen LogP contribution is 2.48. The summed E-state index contributed by atoms with van der Waals surface area (Å²) in [7, 11) is 0. The first kappa shape index (κ1) is 20.8. The molecule has 4 fully saturated rings. The van der Waals surface area contributed by atoms with Gasteiger partial charge >= 0.3 is 5.97 Å². The predicted molar refractivity (Wildman–Crippen MR) is 124 cm³/mol. The van der Waals surface area contributed by atoms with Crippen molar-refractivity contribution in [3.8, 4) is 0 Å². The number of aromatic carboxylic acids is 1. The summed E-state index contributed by atoms with van der Waals surface area (Å²) in [5.74, 6) is 0.428. The number of carboxylic acids is 1. The fourth-order valence-corrected chi connectivity index (χ4v) is 6.97. The number of halogens is 1. The number of carbonyl (C=O) groups is 1. The third-order valence-corrected chi connectivity index (χ3v) is 8.84. The third kappa shape index (κ3) is 3.51. The van der Waals surface area contributed by atoms with E-state index in [0.717, 1.165) is 48.3 Å². The Balaban J connectivity index is 1.08. The van der Waals surface area contributed by atoms with Crippen LogP contribution in [0.5, 0.6) is 0 Å². The Morgan fingerprint density at radius 2 is 1.88 bits per heavy atom. The van der Waals surface area contributed by atoms with Gasteiger partial charge in [0.05, 0.1) is 28.7 Å². The number of thiazole rings is 1. The van der Waals surface area contributed by atoms with Crippen LogP contribution in [0.15, 0.2) is 16.7 Å². The Bertz CT molecular complexity index is 1240. The van der Waals surface area contributed by atoms with Gasteiger partial charge in [-0.1, -0.05) is 16.5 Å². The van der Waals surface area contributed by atoms with Gasteiger partial charge in [0.25, 0.3) is 0 Å². The van der Waals surface area contributed by atoms with Crippen molar-refractivity contribution in [2.45, 2.75) is 88.0 Å². The van der Waals surface area contributed by atoms with Crippen molar-refractivity contribution in [1.29, 1.82) is 0 Å². The number of benzene rings is 1. The summed E-state index contributed by atoms with van der Waals surface area (Å²) >= 11 is 1.38. The van der Waals surface area contributed by atoms with Crippen molar-refractivity contribution < 1.29 is 23.6 Å². The molecule has 2 unspecified atom stereocenters. The molecule has 2 bridgehead atoms. The number of fused-ring (bicyclic) bond motifs is 3. The third-order valence-electron chi connectivity index (χ3n) is 7.82. The SMILES string of the molecule is O=C(O)c1cc(F)c2nc(N3C4CCC3CC(OCc3c(C5CC5)noc3C3CC3)C4)sc2c1. The lowest BCUT2D eigenvalue weighted by Gasteiger charge is -2.38. The molecule has 178 valence electrons. The quantitative estimate of drug-likeness (QED) is 0.468. The highest BCUT2D eigenvalue weighted by molar-refractivity contribution is 7.22. The Morgan fingerprint density at radius 1 is 1.15 bits per heavy atom. The van der Waals surface area contributed by atoms with Gasteiger partial charge in [-0.2, -0.15) is 0 Å². The number of piperidine rings is 1. The minimum atomic E-state index is -1.13. The summed E-state index contributed by atoms with van der Waals surface area (Å²) in [6.07, 6.45) is 8.90. The van der Waals surface area contributed by atoms with E-state index in [1.165, 1.54) is 48.6 Å². The zero-order chi connectivity index (χ0) is 23.0. The highest BCUT2D eigenvalue weighted by Gasteiger charge is 2.43. The van der Waals surface area contributed by atoms with Gasteiger partial charge in [-0.15, -0.1) is 0 Å². The molecule has 1 N–H and O–H groups in total. The summed E-state index contributed by atoms with van der Waals surface area (Å²) in [4.78, 5) is 18.2. The molecule has 0 spiro atoms. The number of rotatable bonds is 7. The zero-order valence-electron chi connectivity index (χ0n) is 18.7. The molecule has 2 aliphatic carbocycles. The molecule has 2 aromatic heterocycles. The molecule has 2 aliphatic heterocycles. The Morgan fingerprint density at radius 3 is 2.56 bits per heavy atom. The molecule has 4 heterocycles. The molecule has 7 nitrogen and oxygen atoms in total. The predicted octanol–water partition coefficient (Wildman–Crippen LogP) is 5.59. The van der Waals surface area contributed by atoms with Crippen LogP contribution in [-0.2, 0) is 11.3 Å². The molecule has 1 aromatic carbocycles. The fourth-order valence-electron chi connectivity index (χ4n) is 5.81. The van der Waals surface area contributed by atoms with Gasteiger partial charge in [-0.3, -0.25) is 0 Å². The summed E-state index contributed by atoms with van der Waals surface area (Å²) < 4.78 is 27.3. The van der Waals surface area contributed by atoms with Crippen LogP contribution >= 0.6 is 11.3 Å². The normalized spacial score (nSPS) is 26.5. The Labute approximate surface area is 199 Å². The maximum absolute atomic E-state index is 14.5. The number of hydrogen-bond acceptors (Lipinski definition) is 7. The van der Waals surface area contributed by atoms with Crippen molar-refractivity contribution >= 4 is 32.7 Å². The van der Waals surface area contributed by atoms with Gasteiger partial charge in [-0.05, 0) is 63.5 Å². The molecule has 2 atom stereocenters. The van der Waals surface area contributed by atoms with E-state index >= 15 is 0 Å². The van der Waals surface area contributed by atoms with E-state index in [4.69, 9.17) is 9.26 Å². The molecule has 3 aromatic rings. The second kappa shape index (κ2) is 7.75. The monoisotopic (exact) mass is 483 g/mol. The lowest BCUT2D eigenvalue weighted by Crippen LogP contribution is -2.45. The average molecular weight is 484 g/mol. The lowest BCUT2D eigenvalue weighted by molar-refractivity contribution is 0.0142. The number of nitrogens with zero attached hydrogens (tertiary/aromatic N) is 3. The summed E-state index contributed by atoms with van der Waals surface area (Å²) in [6.45, 7) is 0.579. The minimum absolute atomic E-state index is 0.0415. The van der Waals surface area contributed by atoms with E-state index in [0.29, 0.717) is 35.2 Å². The smallest absolute Gasteiger partial charge is 0.335 e. The van der Waals surface area contributed by atoms with Crippen LogP contribution in [0.2, 0.25) is 0 Å². The molecule has 7 rings (SSSR count). The molecular formula is C25H26FN3O4S. The summed E-state index contributed by atoms with van der Waals surface area (Å²) in [6, 6.07) is 3.19. The number of anilines is 1. The standard InChI is InChI=1S/C25H26FN3O4S/c26-19-7-14(24(30)31)8-20-22(19)27-25(34-20)29-15-5-6-16(29)10-17(9-15)32-11-18-21(12-1-2-12)28-33-23(18)13-3-4-13/h7-8,12-13,15-17H,1-6,9-11H2,(H,30,31). The van der Waals surface area contributed by atoms with Crippen LogP contribution in [0.1, 0.15) is 90.6 Å². The van der Waals surface area contributed by atoms with Crippen LogP contribution < -0.4 is 4.90 Å². The van der Waals surface area contributed by atoms with E-state index in [-0.39, 0.29) is 17.2 Å². The van der Waals surface area contributed by atoms with E-state index in [2.05, 4.69) is 15.0 Å². The molecule has 4 aliphatic rings. The van der Waals surface area contributed by atoms with Gasteiger partial charge in [0.2, 0.25) is 0 Å². The van der Waals surface area contributed by atoms with Crippen molar-refractivity contribution in [3.63, 3.8) is 0 Å². The van der Waals surface area contributed by atoms with Gasteiger partial charge in [0.15, 0.2) is 10.9 Å². The zero-order valence-corrected chi connectivity index (χ0v) is 19.5. The van der Waals surface area contributed by atoms with Gasteiger partial charge in [0, 0.05) is 29.5 Å². The van der Waals surface area contributed by atoms with E-state index in [9.17, 15) is 14.3 Å². The second-order valence-corrected chi connectivity index (χ2v) is 11.3. The molecule has 0 amide bonds. The maximum Gasteiger partial charge on any atom is 0.335 e. The summed E-state index contributed by atoms with van der Waals surface area (Å²) in [5, 5.41) is 14.4. The second-order valence-electron chi connectivity index (χ2n) is 10.3. The lowest BCUT2D eigenvalue weighted by atomic mass is 10.00. The Kier molecular flexibility index (Phi) is 4.74. The Hall–Kier alpha value is -2.52. The minimum Gasteiger partial charge on any atom is -0.478 e. The van der Waals surface area contributed by atoms with Crippen LogP contribution in [-0.4, -0.2) is 39.4 Å². The first-order valence-corrected chi connectivity index (χ1v) is 13.1. The topological polar surface area (TPSA) is 88.7 Å². The van der Waals surface area contributed by atoms with Crippen LogP contribution in [0.25, 0.3) is 10.2 Å². The van der Waals surface area contributed by atoms with Gasteiger partial charge in [-0.25, -0.2) is 14.2 Å². The van der Waals surface area contributed by atoms with Crippen molar-refractivity contribution in [1.82, 2.24) is 10.1 Å². The van der Waals surface area contributed by atoms with E-state index in [1.54, 1.807) is 0 Å². The fraction of sp³-hybridized carbons (Fsp3) is 0.560. The molecule has 9 heteroatoms. The van der Waals surface area contributed by atoms with Crippen molar-refractivity contribution in [3.05, 3.63) is 40.5 Å². The molecule has 2 saturated carbocycles. The molecule has 2 saturated heterocycles. The van der Waals surface area contributed by atoms with E-state index < -0.39 is 11.8 Å². The number of aromatic nitrogens is 2. The first-order valence-electron chi connectivity index (χ1n) is 12.3. The average Bonchev–Trinajstić information content (AvgIpc) is 3.74. The molecule has 34 heavy (non-hydrogen) atoms. The van der Waals surface area contributed by atoms with Crippen LogP contribution in [0.4, 0.5) is 9.52 Å². The molecule has 0 radical (unpaired) electrons. The number of ether oxygens (including phenoxy) is 1. The molecular weight excluding hydrogens is 457 g/mol. The van der Waals surface area contributed by atoms with Crippen LogP contribution in [0, 0.1) is 5.82 Å². The summed E-state index contributed by atoms with van der Waals surface area (Å²) in [5.41, 5.74) is 2.55. The van der Waals surface area contributed by atoms with Crippen molar-refractivity contribution in [2.24, 2.45) is 0 Å².